The van der Waals surface area contributed by atoms with Gasteiger partial charge in [0.25, 0.3) is 5.56 Å². The fraction of sp³-hybridized carbons (Fsp3) is 0.250. The van der Waals surface area contributed by atoms with Crippen LogP contribution in [0.1, 0.15) is 5.56 Å². The molecule has 0 radical (unpaired) electrons. The Balaban J connectivity index is 2.13. The Bertz CT molecular complexity index is 554. The highest BCUT2D eigenvalue weighted by Gasteiger charge is 2.01. The van der Waals surface area contributed by atoms with Crippen LogP contribution >= 0.6 is 0 Å². The minimum Gasteiger partial charge on any atom is -0.490 e. The van der Waals surface area contributed by atoms with Crippen molar-refractivity contribution in [2.24, 2.45) is 5.73 Å². The molecule has 2 N–H and O–H groups in total. The van der Waals surface area contributed by atoms with E-state index in [0.29, 0.717) is 25.4 Å². The Kier molecular flexibility index (Phi) is 4.03. The summed E-state index contributed by atoms with van der Waals surface area (Å²) in [4.78, 5) is 15.7. The van der Waals surface area contributed by atoms with E-state index in [1.807, 2.05) is 12.1 Å². The van der Waals surface area contributed by atoms with Gasteiger partial charge in [0.2, 0.25) is 0 Å². The number of rotatable bonds is 5. The summed E-state index contributed by atoms with van der Waals surface area (Å²) in [6, 6.07) is 5.09. The Morgan fingerprint density at radius 2 is 2.11 bits per heavy atom. The maximum atomic E-state index is 11.8. The number of nitrogens with two attached hydrogens (primary N) is 1. The fourth-order valence-electron chi connectivity index (χ4n) is 1.45. The average Bonchev–Trinajstić information content (AvgIpc) is 2.40. The second-order valence-corrected chi connectivity index (χ2v) is 3.68. The highest BCUT2D eigenvalue weighted by molar-refractivity contribution is 5.15. The lowest BCUT2D eigenvalue weighted by atomic mass is 10.3. The third kappa shape index (κ3) is 3.14. The van der Waals surface area contributed by atoms with Gasteiger partial charge in [-0.2, -0.15) is 5.10 Å². The van der Waals surface area contributed by atoms with Crippen molar-refractivity contribution in [1.82, 2.24) is 14.8 Å². The van der Waals surface area contributed by atoms with Gasteiger partial charge in [-0.05, 0) is 17.7 Å². The van der Waals surface area contributed by atoms with E-state index >= 15 is 0 Å². The minimum atomic E-state index is -0.207. The standard InChI is InChI=1S/C12H14N4O2/c13-3-6-18-11-7-12(17)16(15-8-11)9-10-1-4-14-5-2-10/h1-2,4-5,7-8H,3,6,9,13H2. The van der Waals surface area contributed by atoms with Crippen molar-refractivity contribution in [2.75, 3.05) is 13.2 Å². The molecule has 0 aliphatic carbocycles. The first-order chi connectivity index (χ1) is 8.79. The highest BCUT2D eigenvalue weighted by Crippen LogP contribution is 2.04. The molecule has 0 saturated carbocycles. The van der Waals surface area contributed by atoms with Crippen molar-refractivity contribution in [2.45, 2.75) is 6.54 Å². The van der Waals surface area contributed by atoms with Crippen LogP contribution in [0.4, 0.5) is 0 Å². The third-order valence-electron chi connectivity index (χ3n) is 2.31. The van der Waals surface area contributed by atoms with Gasteiger partial charge >= 0.3 is 0 Å². The largest absolute Gasteiger partial charge is 0.490 e. The summed E-state index contributed by atoms with van der Waals surface area (Å²) < 4.78 is 6.60. The Morgan fingerprint density at radius 3 is 2.78 bits per heavy atom. The van der Waals surface area contributed by atoms with Crippen molar-refractivity contribution < 1.29 is 4.74 Å². The smallest absolute Gasteiger partial charge is 0.270 e. The molecule has 0 spiro atoms. The van der Waals surface area contributed by atoms with Crippen LogP contribution in [0.2, 0.25) is 0 Å². The van der Waals surface area contributed by atoms with Crippen molar-refractivity contribution in [3.8, 4) is 5.75 Å². The van der Waals surface area contributed by atoms with E-state index in [2.05, 4.69) is 10.1 Å². The molecule has 0 aromatic carbocycles. The number of ether oxygens (including phenoxy) is 1. The van der Waals surface area contributed by atoms with Gasteiger partial charge in [0, 0.05) is 25.0 Å². The molecule has 0 atom stereocenters. The zero-order valence-electron chi connectivity index (χ0n) is 9.82. The summed E-state index contributed by atoms with van der Waals surface area (Å²) >= 11 is 0. The van der Waals surface area contributed by atoms with E-state index in [1.165, 1.54) is 16.9 Å². The molecule has 0 aliphatic heterocycles. The third-order valence-corrected chi connectivity index (χ3v) is 2.31. The summed E-state index contributed by atoms with van der Waals surface area (Å²) in [5, 5.41) is 4.04. The first-order valence-corrected chi connectivity index (χ1v) is 5.58. The molecule has 2 aromatic heterocycles. The van der Waals surface area contributed by atoms with Crippen LogP contribution in [-0.4, -0.2) is 27.9 Å². The first-order valence-electron chi connectivity index (χ1n) is 5.58. The van der Waals surface area contributed by atoms with Crippen LogP contribution in [0.15, 0.2) is 41.6 Å². The molecule has 2 heterocycles. The number of nitrogens with zero attached hydrogens (tertiary/aromatic N) is 3. The van der Waals surface area contributed by atoms with E-state index in [4.69, 9.17) is 10.5 Å². The van der Waals surface area contributed by atoms with Gasteiger partial charge in [0.05, 0.1) is 12.7 Å². The normalized spacial score (nSPS) is 10.3. The minimum absolute atomic E-state index is 0.207. The molecule has 2 rings (SSSR count). The van der Waals surface area contributed by atoms with Crippen LogP contribution in [-0.2, 0) is 6.54 Å². The van der Waals surface area contributed by atoms with Gasteiger partial charge in [-0.3, -0.25) is 9.78 Å². The van der Waals surface area contributed by atoms with Gasteiger partial charge in [-0.25, -0.2) is 4.68 Å². The molecule has 2 aromatic rings. The van der Waals surface area contributed by atoms with Gasteiger partial charge in [-0.15, -0.1) is 0 Å². The summed E-state index contributed by atoms with van der Waals surface area (Å²) in [5.74, 6) is 0.441. The van der Waals surface area contributed by atoms with Crippen molar-refractivity contribution in [3.05, 3.63) is 52.7 Å². The SMILES string of the molecule is NCCOc1cnn(Cc2ccncc2)c(=O)c1. The van der Waals surface area contributed by atoms with Gasteiger partial charge in [0.15, 0.2) is 0 Å². The predicted octanol–water partition coefficient (Wildman–Crippen LogP) is 0.0241. The Morgan fingerprint density at radius 1 is 1.33 bits per heavy atom. The number of aromatic nitrogens is 3. The van der Waals surface area contributed by atoms with E-state index in [1.54, 1.807) is 12.4 Å². The van der Waals surface area contributed by atoms with Crippen LogP contribution in [0.3, 0.4) is 0 Å². The van der Waals surface area contributed by atoms with Crippen molar-refractivity contribution >= 4 is 0 Å². The first kappa shape index (κ1) is 12.3. The van der Waals surface area contributed by atoms with E-state index in [9.17, 15) is 4.79 Å². The molecule has 0 fully saturated rings. The molecule has 0 aliphatic rings. The number of hydrogen-bond donors (Lipinski definition) is 1. The summed E-state index contributed by atoms with van der Waals surface area (Å²) in [6.07, 6.45) is 4.87. The summed E-state index contributed by atoms with van der Waals surface area (Å²) in [6.45, 7) is 1.19. The highest BCUT2D eigenvalue weighted by atomic mass is 16.5. The van der Waals surface area contributed by atoms with Crippen LogP contribution in [0.5, 0.6) is 5.75 Å². The molecule has 0 unspecified atom stereocenters. The summed E-state index contributed by atoms with van der Waals surface area (Å²) in [5.41, 5.74) is 6.07. The zero-order valence-corrected chi connectivity index (χ0v) is 9.82. The lowest BCUT2D eigenvalue weighted by Gasteiger charge is -2.06. The zero-order chi connectivity index (χ0) is 12.8. The molecule has 6 heteroatoms. The number of pyridine rings is 1. The molecule has 0 amide bonds. The van der Waals surface area contributed by atoms with E-state index in [0.717, 1.165) is 5.56 Å². The lowest BCUT2D eigenvalue weighted by molar-refractivity contribution is 0.324. The molecular formula is C12H14N4O2. The Hall–Kier alpha value is -2.21. The van der Waals surface area contributed by atoms with Crippen LogP contribution in [0.25, 0.3) is 0 Å². The lowest BCUT2D eigenvalue weighted by Crippen LogP contribution is -2.23. The molecule has 94 valence electrons. The van der Waals surface area contributed by atoms with E-state index in [-0.39, 0.29) is 5.56 Å². The van der Waals surface area contributed by atoms with E-state index < -0.39 is 0 Å². The average molecular weight is 246 g/mol. The molecule has 0 bridgehead atoms. The predicted molar refractivity (Wildman–Crippen MR) is 66.4 cm³/mol. The van der Waals surface area contributed by atoms with Crippen LogP contribution in [0, 0.1) is 0 Å². The topological polar surface area (TPSA) is 83.0 Å². The quantitative estimate of drug-likeness (QED) is 0.804. The van der Waals surface area contributed by atoms with Gasteiger partial charge < -0.3 is 10.5 Å². The van der Waals surface area contributed by atoms with Crippen molar-refractivity contribution in [3.63, 3.8) is 0 Å². The molecular weight excluding hydrogens is 232 g/mol. The molecule has 18 heavy (non-hydrogen) atoms. The second-order valence-electron chi connectivity index (χ2n) is 3.68. The number of hydrogen-bond acceptors (Lipinski definition) is 5. The second kappa shape index (κ2) is 5.92. The van der Waals surface area contributed by atoms with Gasteiger partial charge in [-0.1, -0.05) is 0 Å². The fourth-order valence-corrected chi connectivity index (χ4v) is 1.45. The Labute approximate surface area is 104 Å². The van der Waals surface area contributed by atoms with Crippen LogP contribution < -0.4 is 16.0 Å². The van der Waals surface area contributed by atoms with Crippen molar-refractivity contribution in [1.29, 1.82) is 0 Å². The molecule has 0 saturated heterocycles. The summed E-state index contributed by atoms with van der Waals surface area (Å²) in [7, 11) is 0. The monoisotopic (exact) mass is 246 g/mol. The van der Waals surface area contributed by atoms with Gasteiger partial charge in [0.1, 0.15) is 12.4 Å². The molecule has 6 nitrogen and oxygen atoms in total. The maximum Gasteiger partial charge on any atom is 0.270 e. The maximum absolute atomic E-state index is 11.8.